The molecule has 1 heterocycles. The number of rotatable bonds is 7. The Bertz CT molecular complexity index is 1150. The van der Waals surface area contributed by atoms with Gasteiger partial charge in [0.05, 0.1) is 18.2 Å². The number of carbonyl (C=O) groups is 1. The third-order valence-electron chi connectivity index (χ3n) is 4.59. The molecule has 2 aromatic carbocycles. The molecule has 0 radical (unpaired) electrons. The Hall–Kier alpha value is -3.56. The van der Waals surface area contributed by atoms with E-state index in [9.17, 15) is 22.8 Å². The molecule has 3 rings (SSSR count). The number of hydrogen-bond donors (Lipinski definition) is 1. The number of aromatic nitrogens is 3. The van der Waals surface area contributed by atoms with Crippen molar-refractivity contribution in [3.63, 3.8) is 0 Å². The number of halogens is 3. The summed E-state index contributed by atoms with van der Waals surface area (Å²) in [6.45, 7) is 3.98. The molecule has 0 spiro atoms. The van der Waals surface area contributed by atoms with Crippen molar-refractivity contribution in [2.75, 3.05) is 6.54 Å². The monoisotopic (exact) mass is 448 g/mol. The highest BCUT2D eigenvalue weighted by Gasteiger charge is 2.30. The maximum absolute atomic E-state index is 13.0. The molecule has 0 aliphatic heterocycles. The Morgan fingerprint density at radius 2 is 1.84 bits per heavy atom. The van der Waals surface area contributed by atoms with Crippen LogP contribution in [-0.2, 0) is 19.8 Å². The zero-order chi connectivity index (χ0) is 23.5. The second-order valence-corrected chi connectivity index (χ2v) is 7.41. The van der Waals surface area contributed by atoms with Crippen LogP contribution in [0.1, 0.15) is 29.8 Å². The van der Waals surface area contributed by atoms with Crippen LogP contribution in [-0.4, -0.2) is 32.9 Å². The number of benzene rings is 2. The van der Waals surface area contributed by atoms with Crippen molar-refractivity contribution in [1.29, 1.82) is 0 Å². The Balaban J connectivity index is 1.67. The van der Waals surface area contributed by atoms with Crippen molar-refractivity contribution < 1.29 is 22.7 Å². The molecular weight excluding hydrogens is 425 g/mol. The average Bonchev–Trinajstić information content (AvgIpc) is 3.02. The Morgan fingerprint density at radius 3 is 2.47 bits per heavy atom. The maximum Gasteiger partial charge on any atom is 0.416 e. The molecule has 1 aromatic heterocycles. The van der Waals surface area contributed by atoms with Crippen molar-refractivity contribution in [2.45, 2.75) is 32.7 Å². The zero-order valence-electron chi connectivity index (χ0n) is 17.8. The van der Waals surface area contributed by atoms with Gasteiger partial charge in [-0.3, -0.25) is 9.36 Å². The van der Waals surface area contributed by atoms with Crippen LogP contribution < -0.4 is 15.7 Å². The van der Waals surface area contributed by atoms with E-state index in [2.05, 4.69) is 10.4 Å². The van der Waals surface area contributed by atoms with E-state index in [0.29, 0.717) is 11.3 Å². The molecule has 0 atom stereocenters. The van der Waals surface area contributed by atoms with E-state index in [1.165, 1.54) is 23.7 Å². The van der Waals surface area contributed by atoms with Crippen LogP contribution in [0.3, 0.4) is 0 Å². The number of nitrogens with one attached hydrogen (secondary N) is 1. The molecule has 32 heavy (non-hydrogen) atoms. The lowest BCUT2D eigenvalue weighted by atomic mass is 10.1. The van der Waals surface area contributed by atoms with Crippen LogP contribution in [0.5, 0.6) is 5.75 Å². The van der Waals surface area contributed by atoms with Crippen LogP contribution >= 0.6 is 0 Å². The number of ether oxygens (including phenoxy) is 1. The predicted molar refractivity (Wildman–Crippen MR) is 112 cm³/mol. The minimum absolute atomic E-state index is 0.0205. The summed E-state index contributed by atoms with van der Waals surface area (Å²) in [4.78, 5) is 24.7. The number of hydrogen-bond acceptors (Lipinski definition) is 4. The highest BCUT2D eigenvalue weighted by atomic mass is 19.4. The maximum atomic E-state index is 13.0. The first-order valence-corrected chi connectivity index (χ1v) is 9.92. The van der Waals surface area contributed by atoms with Gasteiger partial charge < -0.3 is 10.1 Å². The molecule has 3 aromatic rings. The smallest absolute Gasteiger partial charge is 0.416 e. The SMILES string of the molecule is CC(C)Oc1ccc(C(=O)NCCn2nc(-c3cccc(C(F)(F)F)c3)n(C)c2=O)cc1. The fourth-order valence-corrected chi connectivity index (χ4v) is 3.05. The largest absolute Gasteiger partial charge is 0.491 e. The quantitative estimate of drug-likeness (QED) is 0.600. The van der Waals surface area contributed by atoms with Crippen LogP contribution in [0.4, 0.5) is 13.2 Å². The molecular formula is C22H23F3N4O3. The summed E-state index contributed by atoms with van der Waals surface area (Å²) in [7, 11) is 1.43. The van der Waals surface area contributed by atoms with Gasteiger partial charge in [0, 0.05) is 24.7 Å². The van der Waals surface area contributed by atoms with Gasteiger partial charge in [-0.15, -0.1) is 5.10 Å². The zero-order valence-corrected chi connectivity index (χ0v) is 17.8. The minimum Gasteiger partial charge on any atom is -0.491 e. The lowest BCUT2D eigenvalue weighted by Gasteiger charge is -2.10. The van der Waals surface area contributed by atoms with E-state index >= 15 is 0 Å². The van der Waals surface area contributed by atoms with Gasteiger partial charge in [-0.1, -0.05) is 12.1 Å². The molecule has 0 fully saturated rings. The molecule has 1 N–H and O–H groups in total. The molecule has 170 valence electrons. The molecule has 7 nitrogen and oxygen atoms in total. The van der Waals surface area contributed by atoms with Crippen LogP contribution in [0.15, 0.2) is 53.3 Å². The van der Waals surface area contributed by atoms with E-state index in [-0.39, 0.29) is 36.5 Å². The van der Waals surface area contributed by atoms with E-state index in [4.69, 9.17) is 4.74 Å². The van der Waals surface area contributed by atoms with Gasteiger partial charge in [-0.2, -0.15) is 13.2 Å². The molecule has 0 aliphatic carbocycles. The third kappa shape index (κ3) is 5.37. The first kappa shape index (κ1) is 23.1. The summed E-state index contributed by atoms with van der Waals surface area (Å²) in [5.74, 6) is 0.426. The summed E-state index contributed by atoms with van der Waals surface area (Å²) in [5, 5.41) is 6.84. The van der Waals surface area contributed by atoms with Gasteiger partial charge in [0.1, 0.15) is 5.75 Å². The first-order chi connectivity index (χ1) is 15.1. The minimum atomic E-state index is -4.50. The van der Waals surface area contributed by atoms with E-state index < -0.39 is 17.4 Å². The number of carbonyl (C=O) groups excluding carboxylic acids is 1. The van der Waals surface area contributed by atoms with E-state index in [0.717, 1.165) is 16.8 Å². The van der Waals surface area contributed by atoms with Crippen molar-refractivity contribution >= 4 is 5.91 Å². The molecule has 0 saturated carbocycles. The summed E-state index contributed by atoms with van der Waals surface area (Å²) in [5.41, 5.74) is -0.721. The van der Waals surface area contributed by atoms with Gasteiger partial charge in [0.25, 0.3) is 5.91 Å². The fraction of sp³-hybridized carbons (Fsp3) is 0.318. The van der Waals surface area contributed by atoms with Crippen molar-refractivity contribution in [1.82, 2.24) is 19.7 Å². The molecule has 1 amide bonds. The lowest BCUT2D eigenvalue weighted by Crippen LogP contribution is -2.31. The highest BCUT2D eigenvalue weighted by molar-refractivity contribution is 5.94. The second-order valence-electron chi connectivity index (χ2n) is 7.41. The van der Waals surface area contributed by atoms with Crippen LogP contribution in [0.25, 0.3) is 11.4 Å². The third-order valence-corrected chi connectivity index (χ3v) is 4.59. The summed E-state index contributed by atoms with van der Waals surface area (Å²) < 4.78 is 46.8. The molecule has 0 saturated heterocycles. The Labute approximate surface area is 182 Å². The van der Waals surface area contributed by atoms with Crippen molar-refractivity contribution in [3.8, 4) is 17.1 Å². The van der Waals surface area contributed by atoms with Crippen molar-refractivity contribution in [2.24, 2.45) is 7.05 Å². The van der Waals surface area contributed by atoms with Gasteiger partial charge in [-0.05, 0) is 50.2 Å². The van der Waals surface area contributed by atoms with Gasteiger partial charge in [0.2, 0.25) is 0 Å². The number of alkyl halides is 3. The lowest BCUT2D eigenvalue weighted by molar-refractivity contribution is -0.137. The second kappa shape index (κ2) is 9.29. The van der Waals surface area contributed by atoms with Crippen molar-refractivity contribution in [3.05, 3.63) is 70.1 Å². The summed E-state index contributed by atoms with van der Waals surface area (Å²) in [6, 6.07) is 11.3. The molecule has 0 bridgehead atoms. The van der Waals surface area contributed by atoms with E-state index in [1.807, 2.05) is 13.8 Å². The fourth-order valence-electron chi connectivity index (χ4n) is 3.05. The van der Waals surface area contributed by atoms with Gasteiger partial charge in [-0.25, -0.2) is 9.48 Å². The molecule has 0 aliphatic rings. The normalized spacial score (nSPS) is 11.6. The standard InChI is InChI=1S/C22H23F3N4O3/c1-14(2)32-18-9-7-15(8-10-18)20(30)26-11-12-29-21(31)28(3)19(27-29)16-5-4-6-17(13-16)22(23,24)25/h4-10,13-14H,11-12H2,1-3H3,(H,26,30). The first-order valence-electron chi connectivity index (χ1n) is 9.92. The van der Waals surface area contributed by atoms with Crippen LogP contribution in [0.2, 0.25) is 0 Å². The van der Waals surface area contributed by atoms with Gasteiger partial charge in [0.15, 0.2) is 5.82 Å². The van der Waals surface area contributed by atoms with Crippen LogP contribution in [0, 0.1) is 0 Å². The molecule has 0 unspecified atom stereocenters. The summed E-state index contributed by atoms with van der Waals surface area (Å²) >= 11 is 0. The topological polar surface area (TPSA) is 78.2 Å². The number of nitrogens with zero attached hydrogens (tertiary/aromatic N) is 3. The summed E-state index contributed by atoms with van der Waals surface area (Å²) in [6.07, 6.45) is -4.48. The highest BCUT2D eigenvalue weighted by Crippen LogP contribution is 2.31. The Morgan fingerprint density at radius 1 is 1.16 bits per heavy atom. The van der Waals surface area contributed by atoms with Gasteiger partial charge >= 0.3 is 11.9 Å². The number of amides is 1. The molecule has 10 heteroatoms. The predicted octanol–water partition coefficient (Wildman–Crippen LogP) is 3.48. The average molecular weight is 448 g/mol. The Kier molecular flexibility index (Phi) is 6.71. The van der Waals surface area contributed by atoms with E-state index in [1.54, 1.807) is 24.3 Å².